The predicted molar refractivity (Wildman–Crippen MR) is 191 cm³/mol. The minimum absolute atomic E-state index is 0.0916. The molecule has 1 unspecified atom stereocenters. The molecule has 55 heavy (non-hydrogen) atoms. The lowest BCUT2D eigenvalue weighted by atomic mass is 9.94. The smallest absolute Gasteiger partial charge is 0.338 e. The maximum atomic E-state index is 13.7. The number of fused-ring (bicyclic) bond motifs is 1. The third kappa shape index (κ3) is 9.40. The molecule has 3 aromatic rings. The van der Waals surface area contributed by atoms with Crippen LogP contribution in [0.2, 0.25) is 0 Å². The minimum atomic E-state index is -2.51. The summed E-state index contributed by atoms with van der Waals surface area (Å²) < 4.78 is 50.5. The van der Waals surface area contributed by atoms with Crippen LogP contribution in [0.1, 0.15) is 32.6 Å². The van der Waals surface area contributed by atoms with E-state index in [0.29, 0.717) is 5.56 Å². The van der Waals surface area contributed by atoms with Gasteiger partial charge in [-0.1, -0.05) is 102 Å². The monoisotopic (exact) mass is 823 g/mol. The molecule has 3 aromatic carbocycles. The van der Waals surface area contributed by atoms with Gasteiger partial charge in [-0.15, -0.1) is 0 Å². The van der Waals surface area contributed by atoms with Crippen molar-refractivity contribution in [2.75, 3.05) is 20.8 Å². The number of nitrogens with one attached hydrogen (secondary N) is 1. The van der Waals surface area contributed by atoms with Gasteiger partial charge in [-0.05, 0) is 24.3 Å². The summed E-state index contributed by atoms with van der Waals surface area (Å²) in [5.41, 5.74) is 0.859. The lowest BCUT2D eigenvalue weighted by molar-refractivity contribution is -0.367. The molecule has 0 spiro atoms. The number of benzene rings is 3. The number of methoxy groups -OCH3 is 2. The number of alkyl halides is 3. The van der Waals surface area contributed by atoms with Crippen LogP contribution in [-0.4, -0.2) is 115 Å². The third-order valence-electron chi connectivity index (χ3n) is 8.95. The van der Waals surface area contributed by atoms with E-state index < -0.39 is 95.2 Å². The standard InChI is InChI=1S/C37H36Cl3NO14/c1-47-32(45)28-26(27(51-30(43)19-12-6-3-7-13-19)29(35(48-2)55-28)52-31(44)20-14-8-4-9-15-20)54-34-23(41-36(46)37(38,39)40)24(42)25-22(50-34)18-49-33(53-25)21-16-10-5-11-17-21/h3-17,22-29,33-35,42H,18H2,1-2H3,(H,41,46)/t22-,23-,24-,25+,26+,27+,28+,29-,33?,34+,35-/m1/s1. The van der Waals surface area contributed by atoms with Crippen LogP contribution in [0.25, 0.3) is 0 Å². The largest absolute Gasteiger partial charge is 0.467 e. The molecule has 0 radical (unpaired) electrons. The van der Waals surface area contributed by atoms with Crippen molar-refractivity contribution in [2.45, 2.75) is 71.4 Å². The zero-order chi connectivity index (χ0) is 39.3. The lowest BCUT2D eigenvalue weighted by Gasteiger charge is -2.50. The summed E-state index contributed by atoms with van der Waals surface area (Å²) in [6.45, 7) is -0.136. The van der Waals surface area contributed by atoms with Crippen LogP contribution in [0.5, 0.6) is 0 Å². The van der Waals surface area contributed by atoms with Crippen molar-refractivity contribution in [2.24, 2.45) is 0 Å². The normalized spacial score (nSPS) is 30.6. The highest BCUT2D eigenvalue weighted by Gasteiger charge is 2.58. The first kappa shape index (κ1) is 40.8. The van der Waals surface area contributed by atoms with Crippen molar-refractivity contribution in [3.63, 3.8) is 0 Å². The Morgan fingerprint density at radius 1 is 0.745 bits per heavy atom. The van der Waals surface area contributed by atoms with Crippen molar-refractivity contribution in [1.29, 1.82) is 0 Å². The molecule has 1 amide bonds. The van der Waals surface area contributed by atoms with Crippen LogP contribution in [0.15, 0.2) is 91.0 Å². The summed E-state index contributed by atoms with van der Waals surface area (Å²) in [7, 11) is 2.29. The second kappa shape index (κ2) is 17.9. The zero-order valence-electron chi connectivity index (χ0n) is 29.1. The summed E-state index contributed by atoms with van der Waals surface area (Å²) in [6, 6.07) is 23.0. The zero-order valence-corrected chi connectivity index (χ0v) is 31.4. The number of amides is 1. The van der Waals surface area contributed by atoms with E-state index in [1.807, 2.05) is 0 Å². The second-order valence-corrected chi connectivity index (χ2v) is 14.7. The van der Waals surface area contributed by atoms with E-state index in [9.17, 15) is 24.3 Å². The van der Waals surface area contributed by atoms with Gasteiger partial charge in [0.25, 0.3) is 9.70 Å². The van der Waals surface area contributed by atoms with E-state index in [0.717, 1.165) is 7.11 Å². The quantitative estimate of drug-likeness (QED) is 0.172. The molecule has 2 N–H and O–H groups in total. The Bertz CT molecular complexity index is 1790. The number of carbonyl (C=O) groups is 4. The fourth-order valence-electron chi connectivity index (χ4n) is 6.28. The second-order valence-electron chi connectivity index (χ2n) is 12.5. The minimum Gasteiger partial charge on any atom is -0.467 e. The number of carbonyl (C=O) groups excluding carboxylic acids is 4. The van der Waals surface area contributed by atoms with Crippen LogP contribution in [0.4, 0.5) is 0 Å². The van der Waals surface area contributed by atoms with Gasteiger partial charge in [0.05, 0.1) is 24.8 Å². The highest BCUT2D eigenvalue weighted by molar-refractivity contribution is 6.76. The summed E-state index contributed by atoms with van der Waals surface area (Å²) in [5, 5.41) is 14.2. The molecule has 6 rings (SSSR count). The van der Waals surface area contributed by atoms with Crippen molar-refractivity contribution in [1.82, 2.24) is 5.32 Å². The molecule has 3 saturated heterocycles. The molecule has 3 aliphatic rings. The van der Waals surface area contributed by atoms with Crippen molar-refractivity contribution in [3.8, 4) is 0 Å². The number of aliphatic hydroxyl groups excluding tert-OH is 1. The molecule has 15 nitrogen and oxygen atoms in total. The lowest BCUT2D eigenvalue weighted by Crippen LogP contribution is -2.70. The third-order valence-corrected chi connectivity index (χ3v) is 9.46. The molecule has 0 aliphatic carbocycles. The van der Waals surface area contributed by atoms with Crippen molar-refractivity contribution >= 4 is 58.6 Å². The fourth-order valence-corrected chi connectivity index (χ4v) is 6.44. The molecule has 0 aromatic heterocycles. The Morgan fingerprint density at radius 2 is 1.31 bits per heavy atom. The summed E-state index contributed by atoms with van der Waals surface area (Å²) in [5.74, 6) is -3.97. The maximum Gasteiger partial charge on any atom is 0.338 e. The van der Waals surface area contributed by atoms with Crippen molar-refractivity contribution < 1.29 is 66.9 Å². The molecule has 11 atom stereocenters. The van der Waals surface area contributed by atoms with E-state index in [-0.39, 0.29) is 17.7 Å². The van der Waals surface area contributed by atoms with Gasteiger partial charge in [0, 0.05) is 12.7 Å². The Morgan fingerprint density at radius 3 is 1.85 bits per heavy atom. The average molecular weight is 825 g/mol. The number of aliphatic hydroxyl groups is 1. The van der Waals surface area contributed by atoms with Gasteiger partial charge >= 0.3 is 17.9 Å². The number of rotatable bonds is 10. The summed E-state index contributed by atoms with van der Waals surface area (Å²) in [4.78, 5) is 53.6. The maximum absolute atomic E-state index is 13.7. The van der Waals surface area contributed by atoms with Gasteiger partial charge in [0.2, 0.25) is 0 Å². The number of hydrogen-bond donors (Lipinski definition) is 2. The van der Waals surface area contributed by atoms with E-state index in [1.165, 1.54) is 31.4 Å². The SMILES string of the molecule is COC(=O)[C@H]1O[C@@H](OC)[C@H](OC(=O)c2ccccc2)[C@@H](OC(=O)c2ccccc2)[C@@H]1O[C@@H]1O[C@@H]2COC(c3ccccc3)O[C@@H]2[C@H](O)[C@H]1NC(=O)C(Cl)(Cl)Cl. The van der Waals surface area contributed by atoms with Crippen LogP contribution in [-0.2, 0) is 52.2 Å². The van der Waals surface area contributed by atoms with E-state index in [2.05, 4.69) is 5.32 Å². The predicted octanol–water partition coefficient (Wildman–Crippen LogP) is 3.42. The summed E-state index contributed by atoms with van der Waals surface area (Å²) >= 11 is 17.7. The van der Waals surface area contributed by atoms with Gasteiger partial charge in [-0.25, -0.2) is 14.4 Å². The first-order valence-corrected chi connectivity index (χ1v) is 18.0. The molecular formula is C37H36Cl3NO14. The first-order chi connectivity index (χ1) is 26.4. The van der Waals surface area contributed by atoms with Gasteiger partial charge < -0.3 is 53.1 Å². The number of ether oxygens (including phenoxy) is 9. The van der Waals surface area contributed by atoms with Gasteiger partial charge in [0.15, 0.2) is 37.2 Å². The highest BCUT2D eigenvalue weighted by Crippen LogP contribution is 2.38. The Balaban J connectivity index is 1.38. The van der Waals surface area contributed by atoms with Gasteiger partial charge in [-0.3, -0.25) is 4.79 Å². The molecule has 18 heteroatoms. The Hall–Kier alpha value is -3.87. The Labute approximate surface area is 329 Å². The van der Waals surface area contributed by atoms with E-state index >= 15 is 0 Å². The number of hydrogen-bond acceptors (Lipinski definition) is 14. The van der Waals surface area contributed by atoms with E-state index in [4.69, 9.17) is 77.4 Å². The number of esters is 3. The molecule has 3 aliphatic heterocycles. The molecule has 0 bridgehead atoms. The first-order valence-electron chi connectivity index (χ1n) is 16.9. The van der Waals surface area contributed by atoms with Crippen LogP contribution in [0.3, 0.4) is 0 Å². The molecule has 3 heterocycles. The molecule has 3 fully saturated rings. The van der Waals surface area contributed by atoms with Gasteiger partial charge in [-0.2, -0.15) is 0 Å². The molecule has 294 valence electrons. The van der Waals surface area contributed by atoms with Crippen LogP contribution >= 0.6 is 34.8 Å². The number of halogens is 3. The fraction of sp³-hybridized carbons (Fsp3) is 0.405. The molecular weight excluding hydrogens is 789 g/mol. The van der Waals surface area contributed by atoms with Crippen LogP contribution in [0, 0.1) is 0 Å². The van der Waals surface area contributed by atoms with Gasteiger partial charge in [0.1, 0.15) is 30.5 Å². The highest BCUT2D eigenvalue weighted by atomic mass is 35.6. The van der Waals surface area contributed by atoms with E-state index in [1.54, 1.807) is 66.7 Å². The Kier molecular flexibility index (Phi) is 13.3. The topological polar surface area (TPSA) is 184 Å². The van der Waals surface area contributed by atoms with Crippen LogP contribution < -0.4 is 5.32 Å². The average Bonchev–Trinajstić information content (AvgIpc) is 3.20. The summed E-state index contributed by atoms with van der Waals surface area (Å²) in [6.07, 6.45) is -14.8. The van der Waals surface area contributed by atoms with Crippen molar-refractivity contribution in [3.05, 3.63) is 108 Å². The molecule has 0 saturated carbocycles.